The van der Waals surface area contributed by atoms with Gasteiger partial charge in [-0.1, -0.05) is 6.07 Å². The SMILES string of the molecule is CCOc1ncccc1CNC(=O)N(C)Cc1cnn(C)c1. The molecule has 2 aromatic rings. The maximum Gasteiger partial charge on any atom is 0.317 e. The summed E-state index contributed by atoms with van der Waals surface area (Å²) in [5, 5.41) is 6.95. The maximum absolute atomic E-state index is 12.1. The molecule has 0 aliphatic carbocycles. The molecule has 2 rings (SSSR count). The lowest BCUT2D eigenvalue weighted by Gasteiger charge is -2.17. The molecule has 0 unspecified atom stereocenters. The second-order valence-electron chi connectivity index (χ2n) is 4.94. The highest BCUT2D eigenvalue weighted by atomic mass is 16.5. The van der Waals surface area contributed by atoms with Crippen LogP contribution in [0.15, 0.2) is 30.7 Å². The zero-order valence-corrected chi connectivity index (χ0v) is 13.1. The number of rotatable bonds is 6. The molecule has 2 aromatic heterocycles. The highest BCUT2D eigenvalue weighted by molar-refractivity contribution is 5.73. The average Bonchev–Trinajstić information content (AvgIpc) is 2.91. The Labute approximate surface area is 129 Å². The second-order valence-corrected chi connectivity index (χ2v) is 4.94. The smallest absolute Gasteiger partial charge is 0.317 e. The Hall–Kier alpha value is -2.57. The summed E-state index contributed by atoms with van der Waals surface area (Å²) < 4.78 is 7.15. The number of nitrogens with one attached hydrogen (secondary N) is 1. The van der Waals surface area contributed by atoms with Crippen molar-refractivity contribution in [1.82, 2.24) is 25.0 Å². The van der Waals surface area contributed by atoms with Crippen molar-refractivity contribution >= 4 is 6.03 Å². The van der Waals surface area contributed by atoms with Gasteiger partial charge in [0.2, 0.25) is 5.88 Å². The first-order valence-corrected chi connectivity index (χ1v) is 7.13. The summed E-state index contributed by atoms with van der Waals surface area (Å²) in [6.45, 7) is 3.32. The van der Waals surface area contributed by atoms with E-state index in [1.807, 2.05) is 32.3 Å². The van der Waals surface area contributed by atoms with Crippen LogP contribution in [0.3, 0.4) is 0 Å². The molecular formula is C15H21N5O2. The number of amides is 2. The summed E-state index contributed by atoms with van der Waals surface area (Å²) in [7, 11) is 3.59. The van der Waals surface area contributed by atoms with Crippen molar-refractivity contribution in [3.63, 3.8) is 0 Å². The van der Waals surface area contributed by atoms with Crippen molar-refractivity contribution in [2.24, 2.45) is 7.05 Å². The number of ether oxygens (including phenoxy) is 1. The fourth-order valence-electron chi connectivity index (χ4n) is 2.03. The fraction of sp³-hybridized carbons (Fsp3) is 0.400. The van der Waals surface area contributed by atoms with Crippen LogP contribution >= 0.6 is 0 Å². The van der Waals surface area contributed by atoms with Crippen LogP contribution in [0.5, 0.6) is 5.88 Å². The third-order valence-electron chi connectivity index (χ3n) is 3.09. The summed E-state index contributed by atoms with van der Waals surface area (Å²) in [4.78, 5) is 17.9. The molecule has 0 fully saturated rings. The van der Waals surface area contributed by atoms with Crippen LogP contribution in [0, 0.1) is 0 Å². The maximum atomic E-state index is 12.1. The quantitative estimate of drug-likeness (QED) is 0.879. The van der Waals surface area contributed by atoms with Crippen molar-refractivity contribution in [1.29, 1.82) is 0 Å². The third-order valence-corrected chi connectivity index (χ3v) is 3.09. The van der Waals surface area contributed by atoms with Gasteiger partial charge in [0, 0.05) is 44.2 Å². The van der Waals surface area contributed by atoms with E-state index in [0.717, 1.165) is 11.1 Å². The molecule has 22 heavy (non-hydrogen) atoms. The number of hydrogen-bond donors (Lipinski definition) is 1. The monoisotopic (exact) mass is 303 g/mol. The van der Waals surface area contributed by atoms with E-state index < -0.39 is 0 Å². The second kappa shape index (κ2) is 7.44. The zero-order chi connectivity index (χ0) is 15.9. The number of nitrogens with zero attached hydrogens (tertiary/aromatic N) is 4. The summed E-state index contributed by atoms with van der Waals surface area (Å²) in [5.41, 5.74) is 1.84. The Kier molecular flexibility index (Phi) is 5.35. The van der Waals surface area contributed by atoms with Crippen molar-refractivity contribution < 1.29 is 9.53 Å². The zero-order valence-electron chi connectivity index (χ0n) is 13.1. The molecule has 0 aliphatic heterocycles. The summed E-state index contributed by atoms with van der Waals surface area (Å²) in [6, 6.07) is 3.55. The summed E-state index contributed by atoms with van der Waals surface area (Å²) in [5.74, 6) is 0.556. The van der Waals surface area contributed by atoms with Crippen molar-refractivity contribution in [2.45, 2.75) is 20.0 Å². The Morgan fingerprint density at radius 2 is 2.32 bits per heavy atom. The Morgan fingerprint density at radius 3 is 3.00 bits per heavy atom. The molecule has 0 saturated carbocycles. The van der Waals surface area contributed by atoms with Crippen molar-refractivity contribution in [3.05, 3.63) is 41.9 Å². The molecule has 2 amide bonds. The first kappa shape index (κ1) is 15.8. The molecule has 0 aliphatic rings. The standard InChI is InChI=1S/C15H21N5O2/c1-4-22-14-13(6-5-7-16-14)9-17-15(21)19(2)10-12-8-18-20(3)11-12/h5-8,11H,4,9-10H2,1-3H3,(H,17,21). The normalized spacial score (nSPS) is 10.3. The molecule has 0 aromatic carbocycles. The Bertz CT molecular complexity index is 626. The molecule has 0 atom stereocenters. The predicted octanol–water partition coefficient (Wildman–Crippen LogP) is 1.56. The van der Waals surface area contributed by atoms with E-state index in [1.54, 1.807) is 29.0 Å². The molecule has 7 nitrogen and oxygen atoms in total. The van der Waals surface area contributed by atoms with Crippen molar-refractivity contribution in [3.8, 4) is 5.88 Å². The average molecular weight is 303 g/mol. The lowest BCUT2D eigenvalue weighted by Crippen LogP contribution is -2.36. The molecular weight excluding hydrogens is 282 g/mol. The summed E-state index contributed by atoms with van der Waals surface area (Å²) in [6.07, 6.45) is 5.31. The molecule has 1 N–H and O–H groups in total. The Balaban J connectivity index is 1.89. The van der Waals surface area contributed by atoms with Gasteiger partial charge in [-0.2, -0.15) is 5.10 Å². The Morgan fingerprint density at radius 1 is 1.50 bits per heavy atom. The van der Waals surface area contributed by atoms with E-state index >= 15 is 0 Å². The minimum Gasteiger partial charge on any atom is -0.478 e. The van der Waals surface area contributed by atoms with E-state index in [0.29, 0.717) is 25.6 Å². The van der Waals surface area contributed by atoms with Gasteiger partial charge in [-0.3, -0.25) is 4.68 Å². The van der Waals surface area contributed by atoms with Crippen LogP contribution in [0.4, 0.5) is 4.79 Å². The molecule has 0 saturated heterocycles. The highest BCUT2D eigenvalue weighted by Crippen LogP contribution is 2.13. The van der Waals surface area contributed by atoms with Crippen LogP contribution < -0.4 is 10.1 Å². The number of hydrogen-bond acceptors (Lipinski definition) is 4. The first-order chi connectivity index (χ1) is 10.6. The van der Waals surface area contributed by atoms with Gasteiger partial charge in [0.05, 0.1) is 19.3 Å². The molecule has 0 bridgehead atoms. The van der Waals surface area contributed by atoms with Gasteiger partial charge >= 0.3 is 6.03 Å². The third kappa shape index (κ3) is 4.21. The molecule has 118 valence electrons. The number of aromatic nitrogens is 3. The summed E-state index contributed by atoms with van der Waals surface area (Å²) >= 11 is 0. The minimum atomic E-state index is -0.157. The fourth-order valence-corrected chi connectivity index (χ4v) is 2.03. The number of aryl methyl sites for hydroxylation is 1. The van der Waals surface area contributed by atoms with Crippen LogP contribution in [0.2, 0.25) is 0 Å². The largest absolute Gasteiger partial charge is 0.478 e. The van der Waals surface area contributed by atoms with Crippen LogP contribution in [0.1, 0.15) is 18.1 Å². The molecule has 7 heteroatoms. The predicted molar refractivity (Wildman–Crippen MR) is 82.3 cm³/mol. The highest BCUT2D eigenvalue weighted by Gasteiger charge is 2.11. The lowest BCUT2D eigenvalue weighted by atomic mass is 10.2. The lowest BCUT2D eigenvalue weighted by molar-refractivity contribution is 0.206. The van der Waals surface area contributed by atoms with Gasteiger partial charge in [-0.15, -0.1) is 0 Å². The van der Waals surface area contributed by atoms with E-state index in [9.17, 15) is 4.79 Å². The van der Waals surface area contributed by atoms with Crippen LogP contribution in [0.25, 0.3) is 0 Å². The molecule has 2 heterocycles. The first-order valence-electron chi connectivity index (χ1n) is 7.13. The van der Waals surface area contributed by atoms with E-state index in [1.165, 1.54) is 0 Å². The van der Waals surface area contributed by atoms with Gasteiger partial charge in [0.25, 0.3) is 0 Å². The minimum absolute atomic E-state index is 0.157. The molecule has 0 spiro atoms. The number of carbonyl (C=O) groups excluding carboxylic acids is 1. The van der Waals surface area contributed by atoms with Gasteiger partial charge in [-0.25, -0.2) is 9.78 Å². The van der Waals surface area contributed by atoms with Gasteiger partial charge < -0.3 is 15.0 Å². The number of carbonyl (C=O) groups is 1. The molecule has 0 radical (unpaired) electrons. The van der Waals surface area contributed by atoms with E-state index in [2.05, 4.69) is 15.4 Å². The van der Waals surface area contributed by atoms with Crippen LogP contribution in [-0.4, -0.2) is 39.4 Å². The number of pyridine rings is 1. The van der Waals surface area contributed by atoms with E-state index in [-0.39, 0.29) is 6.03 Å². The van der Waals surface area contributed by atoms with Gasteiger partial charge in [0.15, 0.2) is 0 Å². The van der Waals surface area contributed by atoms with Crippen LogP contribution in [-0.2, 0) is 20.1 Å². The van der Waals surface area contributed by atoms with Gasteiger partial charge in [0.1, 0.15) is 0 Å². The topological polar surface area (TPSA) is 72.3 Å². The number of urea groups is 1. The van der Waals surface area contributed by atoms with Gasteiger partial charge in [-0.05, 0) is 13.0 Å². The van der Waals surface area contributed by atoms with Crippen molar-refractivity contribution in [2.75, 3.05) is 13.7 Å². The van der Waals surface area contributed by atoms with E-state index in [4.69, 9.17) is 4.74 Å².